The normalized spacial score (nSPS) is 25.9. The average Bonchev–Trinajstić information content (AvgIpc) is 3.25. The molecule has 1 heterocycles. The zero-order valence-corrected chi connectivity index (χ0v) is 20.9. The van der Waals surface area contributed by atoms with Gasteiger partial charge < -0.3 is 18.9 Å². The number of benzene rings is 2. The van der Waals surface area contributed by atoms with E-state index in [1.165, 1.54) is 11.1 Å². The molecular weight excluding hydrogens is 430 g/mol. The van der Waals surface area contributed by atoms with E-state index in [1.807, 2.05) is 46.8 Å². The Hall–Kier alpha value is -2.25. The number of carbonyl (C=O) groups excluding carboxylic acids is 1. The summed E-state index contributed by atoms with van der Waals surface area (Å²) >= 11 is 0. The summed E-state index contributed by atoms with van der Waals surface area (Å²) < 4.78 is 24.2. The lowest BCUT2D eigenvalue weighted by molar-refractivity contribution is -0.179. The smallest absolute Gasteiger partial charge is 0.332 e. The Balaban J connectivity index is 1.54. The predicted molar refractivity (Wildman–Crippen MR) is 130 cm³/mol. The summed E-state index contributed by atoms with van der Waals surface area (Å²) in [7, 11) is 0. The quantitative estimate of drug-likeness (QED) is 0.524. The van der Waals surface area contributed by atoms with Crippen molar-refractivity contribution < 1.29 is 23.7 Å². The monoisotopic (exact) mass is 467 g/mol. The van der Waals surface area contributed by atoms with Gasteiger partial charge in [-0.3, -0.25) is 4.90 Å². The Bertz CT molecular complexity index is 899. The number of esters is 1. The maximum absolute atomic E-state index is 12.3. The molecule has 4 rings (SSSR count). The molecule has 0 unspecified atom stereocenters. The summed E-state index contributed by atoms with van der Waals surface area (Å²) in [5.41, 5.74) is 1.94. The van der Waals surface area contributed by atoms with Gasteiger partial charge in [-0.15, -0.1) is 0 Å². The minimum absolute atomic E-state index is 0.0795. The lowest BCUT2D eigenvalue weighted by atomic mass is 10.1. The molecule has 0 spiro atoms. The zero-order valence-electron chi connectivity index (χ0n) is 20.9. The Morgan fingerprint density at radius 2 is 1.47 bits per heavy atom. The number of hydrogen-bond acceptors (Lipinski definition) is 6. The van der Waals surface area contributed by atoms with Crippen molar-refractivity contribution in [1.29, 1.82) is 0 Å². The van der Waals surface area contributed by atoms with Crippen LogP contribution in [0.15, 0.2) is 60.7 Å². The second kappa shape index (κ2) is 10.2. The fourth-order valence-corrected chi connectivity index (χ4v) is 4.90. The highest BCUT2D eigenvalue weighted by atomic mass is 16.8. The molecule has 6 nitrogen and oxygen atoms in total. The van der Waals surface area contributed by atoms with Crippen LogP contribution in [0.1, 0.15) is 52.2 Å². The largest absolute Gasteiger partial charge is 0.458 e. The molecule has 0 N–H and O–H groups in total. The van der Waals surface area contributed by atoms with E-state index in [0.29, 0.717) is 6.42 Å². The zero-order chi connectivity index (χ0) is 24.3. The van der Waals surface area contributed by atoms with Gasteiger partial charge in [0.25, 0.3) is 0 Å². The van der Waals surface area contributed by atoms with E-state index in [1.54, 1.807) is 0 Å². The second-order valence-electron chi connectivity index (χ2n) is 10.7. The third-order valence-electron chi connectivity index (χ3n) is 6.14. The Morgan fingerprint density at radius 1 is 0.941 bits per heavy atom. The summed E-state index contributed by atoms with van der Waals surface area (Å²) in [5, 5.41) is 0. The van der Waals surface area contributed by atoms with E-state index < -0.39 is 11.4 Å². The van der Waals surface area contributed by atoms with Crippen molar-refractivity contribution in [3.05, 3.63) is 71.8 Å². The molecule has 0 amide bonds. The van der Waals surface area contributed by atoms with Crippen molar-refractivity contribution >= 4 is 5.97 Å². The predicted octanol–water partition coefficient (Wildman–Crippen LogP) is 4.71. The van der Waals surface area contributed by atoms with Crippen molar-refractivity contribution in [3.8, 4) is 0 Å². The van der Waals surface area contributed by atoms with Crippen LogP contribution >= 0.6 is 0 Å². The van der Waals surface area contributed by atoms with Crippen molar-refractivity contribution in [2.45, 2.75) is 89.9 Å². The first-order chi connectivity index (χ1) is 16.1. The lowest BCUT2D eigenvalue weighted by Gasteiger charge is -2.33. The summed E-state index contributed by atoms with van der Waals surface area (Å²) in [6, 6.07) is 21.0. The van der Waals surface area contributed by atoms with Crippen LogP contribution in [0.4, 0.5) is 0 Å². The van der Waals surface area contributed by atoms with Crippen molar-refractivity contribution in [1.82, 2.24) is 4.90 Å². The molecule has 0 bridgehead atoms. The molecular formula is C28H37NO5. The van der Waals surface area contributed by atoms with Crippen LogP contribution < -0.4 is 0 Å². The van der Waals surface area contributed by atoms with Gasteiger partial charge in [0.05, 0.1) is 6.10 Å². The van der Waals surface area contributed by atoms with Crippen molar-refractivity contribution in [2.24, 2.45) is 0 Å². The van der Waals surface area contributed by atoms with E-state index >= 15 is 0 Å². The third kappa shape index (κ3) is 6.45. The summed E-state index contributed by atoms with van der Waals surface area (Å²) in [4.78, 5) is 14.8. The first-order valence-electron chi connectivity index (χ1n) is 12.1. The van der Waals surface area contributed by atoms with Gasteiger partial charge in [0, 0.05) is 19.1 Å². The van der Waals surface area contributed by atoms with E-state index in [0.717, 1.165) is 13.1 Å². The molecule has 2 fully saturated rings. The molecule has 4 atom stereocenters. The lowest BCUT2D eigenvalue weighted by Crippen LogP contribution is -2.42. The second-order valence-corrected chi connectivity index (χ2v) is 10.7. The highest BCUT2D eigenvalue weighted by Crippen LogP contribution is 2.42. The van der Waals surface area contributed by atoms with Crippen LogP contribution in [-0.4, -0.2) is 53.2 Å². The number of rotatable bonds is 8. The fraction of sp³-hybridized carbons (Fsp3) is 0.536. The van der Waals surface area contributed by atoms with Crippen LogP contribution in [0.25, 0.3) is 0 Å². The molecule has 184 valence electrons. The highest BCUT2D eigenvalue weighted by molar-refractivity contribution is 5.71. The molecule has 1 saturated carbocycles. The van der Waals surface area contributed by atoms with Crippen LogP contribution in [0.2, 0.25) is 0 Å². The minimum atomic E-state index is -0.702. The molecule has 2 aliphatic rings. The van der Waals surface area contributed by atoms with E-state index in [-0.39, 0.29) is 36.9 Å². The van der Waals surface area contributed by atoms with Gasteiger partial charge in [-0.2, -0.15) is 0 Å². The number of fused-ring (bicyclic) bond motifs is 1. The number of hydrogen-bond donors (Lipinski definition) is 0. The van der Waals surface area contributed by atoms with Gasteiger partial charge in [-0.1, -0.05) is 60.7 Å². The standard InChI is InChI=1S/C28H37NO5/c1-27(2,3)32-24(30)19-31-23-16-22(25-26(23)34-28(4,5)33-25)29(17-20-12-8-6-9-13-20)18-21-14-10-7-11-15-21/h6-15,22-23,25-26H,16-19H2,1-5H3/t22-,23+,25-,26+/m1/s1. The van der Waals surface area contributed by atoms with Crippen LogP contribution in [0, 0.1) is 0 Å². The maximum Gasteiger partial charge on any atom is 0.332 e. The van der Waals surface area contributed by atoms with Gasteiger partial charge >= 0.3 is 5.97 Å². The van der Waals surface area contributed by atoms with E-state index in [2.05, 4.69) is 53.4 Å². The van der Waals surface area contributed by atoms with Gasteiger partial charge in [-0.25, -0.2) is 4.79 Å². The Morgan fingerprint density at radius 3 is 2.00 bits per heavy atom. The summed E-state index contributed by atoms with van der Waals surface area (Å²) in [6.07, 6.45) is 0.0781. The van der Waals surface area contributed by atoms with Gasteiger partial charge in [-0.05, 0) is 52.2 Å². The van der Waals surface area contributed by atoms with Crippen LogP contribution in [-0.2, 0) is 36.8 Å². The average molecular weight is 468 g/mol. The molecule has 1 aliphatic carbocycles. The third-order valence-corrected chi connectivity index (χ3v) is 6.14. The summed E-state index contributed by atoms with van der Waals surface area (Å²) in [5.74, 6) is -1.07. The summed E-state index contributed by atoms with van der Waals surface area (Å²) in [6.45, 7) is 10.9. The van der Waals surface area contributed by atoms with Crippen LogP contribution in [0.3, 0.4) is 0 Å². The Kier molecular flexibility index (Phi) is 7.43. The highest BCUT2D eigenvalue weighted by Gasteiger charge is 2.56. The first kappa shape index (κ1) is 24.9. The molecule has 2 aromatic carbocycles. The first-order valence-corrected chi connectivity index (χ1v) is 12.1. The molecule has 0 radical (unpaired) electrons. The molecule has 1 aliphatic heterocycles. The topological polar surface area (TPSA) is 57.2 Å². The molecule has 6 heteroatoms. The Labute approximate surface area is 203 Å². The molecule has 34 heavy (non-hydrogen) atoms. The number of ether oxygens (including phenoxy) is 4. The van der Waals surface area contributed by atoms with E-state index in [4.69, 9.17) is 18.9 Å². The molecule has 0 aromatic heterocycles. The van der Waals surface area contributed by atoms with Gasteiger partial charge in [0.15, 0.2) is 5.79 Å². The number of carbonyl (C=O) groups is 1. The number of nitrogens with zero attached hydrogens (tertiary/aromatic N) is 1. The van der Waals surface area contributed by atoms with Gasteiger partial charge in [0.1, 0.15) is 24.4 Å². The van der Waals surface area contributed by atoms with Gasteiger partial charge in [0.2, 0.25) is 0 Å². The molecule has 2 aromatic rings. The maximum atomic E-state index is 12.3. The molecule has 1 saturated heterocycles. The van der Waals surface area contributed by atoms with E-state index in [9.17, 15) is 4.79 Å². The SMILES string of the molecule is CC(C)(C)OC(=O)CO[C@H]1C[C@@H](N(Cc2ccccc2)Cc2ccccc2)[C@H]2OC(C)(C)O[C@H]21. The fourth-order valence-electron chi connectivity index (χ4n) is 4.90. The van der Waals surface area contributed by atoms with Crippen molar-refractivity contribution in [3.63, 3.8) is 0 Å². The van der Waals surface area contributed by atoms with Crippen molar-refractivity contribution in [2.75, 3.05) is 6.61 Å². The van der Waals surface area contributed by atoms with Crippen LogP contribution in [0.5, 0.6) is 0 Å². The minimum Gasteiger partial charge on any atom is -0.458 e.